The highest BCUT2D eigenvalue weighted by atomic mass is 32.2. The topological polar surface area (TPSA) is 41.1 Å². The van der Waals surface area contributed by atoms with Gasteiger partial charge in [0.25, 0.3) is 0 Å². The van der Waals surface area contributed by atoms with Crippen molar-refractivity contribution in [3.8, 4) is 0 Å². The van der Waals surface area contributed by atoms with Crippen molar-refractivity contribution in [1.82, 2.24) is 5.32 Å². The smallest absolute Gasteiger partial charge is 0.319 e. The molecule has 0 radical (unpaired) electrons. The van der Waals surface area contributed by atoms with Gasteiger partial charge in [0.2, 0.25) is 0 Å². The van der Waals surface area contributed by atoms with Gasteiger partial charge in [0.15, 0.2) is 0 Å². The van der Waals surface area contributed by atoms with Gasteiger partial charge in [0.05, 0.1) is 0 Å². The van der Waals surface area contributed by atoms with E-state index >= 15 is 0 Å². The minimum absolute atomic E-state index is 0.145. The third kappa shape index (κ3) is 5.82. The van der Waals surface area contributed by atoms with Crippen LogP contribution in [0.15, 0.2) is 54.6 Å². The fraction of sp³-hybridized carbons (Fsp3) is 0.278. The largest absolute Gasteiger partial charge is 0.337 e. The van der Waals surface area contributed by atoms with Gasteiger partial charge in [-0.25, -0.2) is 4.79 Å². The summed E-state index contributed by atoms with van der Waals surface area (Å²) in [6.45, 7) is 2.76. The standard InChI is InChI=1S/C18H22N2OS/c1-2-15-9-6-10-17(13-15)20-18(21)19-11-12-22-14-16-7-4-3-5-8-16/h3-10,13H,2,11-12,14H2,1H3,(H2,19,20,21). The monoisotopic (exact) mass is 314 g/mol. The number of rotatable bonds is 7. The van der Waals surface area contributed by atoms with E-state index in [1.165, 1.54) is 11.1 Å². The third-order valence-electron chi connectivity index (χ3n) is 3.24. The van der Waals surface area contributed by atoms with Gasteiger partial charge >= 0.3 is 6.03 Å². The number of hydrogen-bond acceptors (Lipinski definition) is 2. The molecule has 22 heavy (non-hydrogen) atoms. The van der Waals surface area contributed by atoms with Crippen molar-refractivity contribution in [3.63, 3.8) is 0 Å². The van der Waals surface area contributed by atoms with Gasteiger partial charge in [-0.15, -0.1) is 0 Å². The number of carbonyl (C=O) groups is 1. The molecular formula is C18H22N2OS. The molecule has 0 saturated heterocycles. The number of hydrogen-bond donors (Lipinski definition) is 2. The molecule has 2 amide bonds. The van der Waals surface area contributed by atoms with Crippen LogP contribution >= 0.6 is 11.8 Å². The van der Waals surface area contributed by atoms with Gasteiger partial charge < -0.3 is 10.6 Å². The van der Waals surface area contributed by atoms with Crippen molar-refractivity contribution in [3.05, 3.63) is 65.7 Å². The first kappa shape index (κ1) is 16.4. The Bertz CT molecular complexity index is 587. The lowest BCUT2D eigenvalue weighted by molar-refractivity contribution is 0.252. The van der Waals surface area contributed by atoms with E-state index in [2.05, 4.69) is 35.8 Å². The second-order valence-corrected chi connectivity index (χ2v) is 6.08. The minimum Gasteiger partial charge on any atom is -0.337 e. The van der Waals surface area contributed by atoms with E-state index in [1.807, 2.05) is 48.2 Å². The van der Waals surface area contributed by atoms with E-state index in [0.717, 1.165) is 23.6 Å². The Hall–Kier alpha value is -1.94. The fourth-order valence-corrected chi connectivity index (χ4v) is 2.86. The maximum absolute atomic E-state index is 11.8. The highest BCUT2D eigenvalue weighted by Crippen LogP contribution is 2.12. The van der Waals surface area contributed by atoms with Crippen LogP contribution in [0.5, 0.6) is 0 Å². The fourth-order valence-electron chi connectivity index (χ4n) is 2.05. The molecule has 0 heterocycles. The number of anilines is 1. The molecule has 0 spiro atoms. The van der Waals surface area contributed by atoms with Gasteiger partial charge in [-0.2, -0.15) is 11.8 Å². The van der Waals surface area contributed by atoms with Crippen molar-refractivity contribution < 1.29 is 4.79 Å². The number of benzene rings is 2. The van der Waals surface area contributed by atoms with Gasteiger partial charge in [-0.1, -0.05) is 49.4 Å². The van der Waals surface area contributed by atoms with E-state index in [4.69, 9.17) is 0 Å². The van der Waals surface area contributed by atoms with Crippen LogP contribution in [-0.2, 0) is 12.2 Å². The number of urea groups is 1. The average Bonchev–Trinajstić information content (AvgIpc) is 2.55. The molecule has 2 aromatic carbocycles. The van der Waals surface area contributed by atoms with Gasteiger partial charge in [0, 0.05) is 23.7 Å². The molecule has 0 aliphatic carbocycles. The minimum atomic E-state index is -0.145. The zero-order valence-corrected chi connectivity index (χ0v) is 13.7. The first-order chi connectivity index (χ1) is 10.8. The highest BCUT2D eigenvalue weighted by Gasteiger charge is 2.01. The van der Waals surface area contributed by atoms with Crippen LogP contribution in [0, 0.1) is 0 Å². The van der Waals surface area contributed by atoms with Crippen molar-refractivity contribution in [2.45, 2.75) is 19.1 Å². The van der Waals surface area contributed by atoms with Crippen molar-refractivity contribution in [1.29, 1.82) is 0 Å². The molecule has 0 saturated carbocycles. The van der Waals surface area contributed by atoms with Crippen LogP contribution in [0.4, 0.5) is 10.5 Å². The Balaban J connectivity index is 1.63. The number of nitrogens with one attached hydrogen (secondary N) is 2. The second-order valence-electron chi connectivity index (χ2n) is 4.97. The zero-order chi connectivity index (χ0) is 15.6. The average molecular weight is 314 g/mol. The summed E-state index contributed by atoms with van der Waals surface area (Å²) in [5, 5.41) is 5.75. The summed E-state index contributed by atoms with van der Waals surface area (Å²) >= 11 is 1.82. The molecule has 0 unspecified atom stereocenters. The van der Waals surface area contributed by atoms with E-state index < -0.39 is 0 Å². The normalized spacial score (nSPS) is 10.2. The SMILES string of the molecule is CCc1cccc(NC(=O)NCCSCc2ccccc2)c1. The Morgan fingerprint density at radius 3 is 2.59 bits per heavy atom. The molecule has 2 aromatic rings. The van der Waals surface area contributed by atoms with Gasteiger partial charge in [-0.3, -0.25) is 0 Å². The van der Waals surface area contributed by atoms with Crippen LogP contribution in [0.25, 0.3) is 0 Å². The quantitative estimate of drug-likeness (QED) is 0.748. The lowest BCUT2D eigenvalue weighted by Gasteiger charge is -2.08. The third-order valence-corrected chi connectivity index (χ3v) is 4.27. The summed E-state index contributed by atoms with van der Waals surface area (Å²) in [6.07, 6.45) is 0.966. The molecular weight excluding hydrogens is 292 g/mol. The molecule has 0 aliphatic heterocycles. The van der Waals surface area contributed by atoms with E-state index in [0.29, 0.717) is 6.54 Å². The molecule has 0 bridgehead atoms. The Morgan fingerprint density at radius 1 is 1.05 bits per heavy atom. The number of thioether (sulfide) groups is 1. The number of aryl methyl sites for hydroxylation is 1. The zero-order valence-electron chi connectivity index (χ0n) is 12.8. The Labute approximate surface area is 136 Å². The highest BCUT2D eigenvalue weighted by molar-refractivity contribution is 7.98. The van der Waals surface area contributed by atoms with E-state index in [1.54, 1.807) is 0 Å². The van der Waals surface area contributed by atoms with Crippen LogP contribution in [0.1, 0.15) is 18.1 Å². The lowest BCUT2D eigenvalue weighted by atomic mass is 10.1. The molecule has 116 valence electrons. The molecule has 2 rings (SSSR count). The van der Waals surface area contributed by atoms with Gasteiger partial charge in [-0.05, 0) is 29.7 Å². The predicted octanol–water partition coefficient (Wildman–Crippen LogP) is 4.30. The van der Waals surface area contributed by atoms with Gasteiger partial charge in [0.1, 0.15) is 0 Å². The van der Waals surface area contributed by atoms with Crippen LogP contribution in [0.2, 0.25) is 0 Å². The van der Waals surface area contributed by atoms with Crippen LogP contribution in [0.3, 0.4) is 0 Å². The molecule has 4 heteroatoms. The number of carbonyl (C=O) groups excluding carboxylic acids is 1. The van der Waals surface area contributed by atoms with E-state index in [-0.39, 0.29) is 6.03 Å². The summed E-state index contributed by atoms with van der Waals surface area (Å²) in [7, 11) is 0. The maximum Gasteiger partial charge on any atom is 0.319 e. The summed E-state index contributed by atoms with van der Waals surface area (Å²) in [6, 6.07) is 18.1. The Morgan fingerprint density at radius 2 is 1.82 bits per heavy atom. The molecule has 3 nitrogen and oxygen atoms in total. The molecule has 0 atom stereocenters. The van der Waals surface area contributed by atoms with E-state index in [9.17, 15) is 4.79 Å². The number of amides is 2. The van der Waals surface area contributed by atoms with Crippen molar-refractivity contribution in [2.24, 2.45) is 0 Å². The summed E-state index contributed by atoms with van der Waals surface area (Å²) in [5.41, 5.74) is 3.37. The second kappa shape index (κ2) is 9.15. The first-order valence-corrected chi connectivity index (χ1v) is 8.69. The molecule has 0 fully saturated rings. The summed E-state index contributed by atoms with van der Waals surface area (Å²) in [4.78, 5) is 11.8. The summed E-state index contributed by atoms with van der Waals surface area (Å²) < 4.78 is 0. The molecule has 0 aliphatic rings. The van der Waals surface area contributed by atoms with Crippen molar-refractivity contribution in [2.75, 3.05) is 17.6 Å². The maximum atomic E-state index is 11.8. The first-order valence-electron chi connectivity index (χ1n) is 7.53. The molecule has 0 aromatic heterocycles. The predicted molar refractivity (Wildman–Crippen MR) is 95.4 cm³/mol. The van der Waals surface area contributed by atoms with Crippen LogP contribution in [-0.4, -0.2) is 18.3 Å². The summed E-state index contributed by atoms with van der Waals surface area (Å²) in [5.74, 6) is 1.87. The van der Waals surface area contributed by atoms with Crippen molar-refractivity contribution >= 4 is 23.5 Å². The molecule has 2 N–H and O–H groups in total. The van der Waals surface area contributed by atoms with Crippen LogP contribution < -0.4 is 10.6 Å². The lowest BCUT2D eigenvalue weighted by Crippen LogP contribution is -2.30. The Kier molecular flexibility index (Phi) is 6.84.